The van der Waals surface area contributed by atoms with Gasteiger partial charge in [-0.3, -0.25) is 19.9 Å². The molecule has 1 amide bonds. The first-order valence-corrected chi connectivity index (χ1v) is 12.4. The summed E-state index contributed by atoms with van der Waals surface area (Å²) in [6.45, 7) is 3.99. The number of aliphatic carboxylic acids is 1. The molecule has 3 heterocycles. The van der Waals surface area contributed by atoms with Crippen LogP contribution >= 0.6 is 0 Å². The van der Waals surface area contributed by atoms with Crippen molar-refractivity contribution in [3.05, 3.63) is 0 Å². The van der Waals surface area contributed by atoms with Gasteiger partial charge >= 0.3 is 5.97 Å². The third kappa shape index (κ3) is 7.28. The number of nitrogens with one attached hydrogen (secondary N) is 1. The largest absolute Gasteiger partial charge is 0.481 e. The molecule has 0 aromatic carbocycles. The SMILES string of the molecule is CN(C1CCCOC1)[C@@H](CC(=O)O)C(=O)N1CCCC[C@H]1CCOC1CCN(C(=N)N)CC1. The number of carbonyl (C=O) groups excluding carboxylic acids is 1. The summed E-state index contributed by atoms with van der Waals surface area (Å²) >= 11 is 0. The highest BCUT2D eigenvalue weighted by Gasteiger charge is 2.37. The van der Waals surface area contributed by atoms with E-state index in [-0.39, 0.29) is 36.5 Å². The molecule has 33 heavy (non-hydrogen) atoms. The number of likely N-dealkylation sites (tertiary alicyclic amines) is 2. The normalized spacial score (nSPS) is 25.8. The van der Waals surface area contributed by atoms with Crippen molar-refractivity contribution in [2.45, 2.75) is 82.0 Å². The number of nitrogens with zero attached hydrogens (tertiary/aromatic N) is 3. The molecular formula is C23H41N5O5. The number of carboxylic acid groups (broad SMARTS) is 1. The minimum absolute atomic E-state index is 0.0690. The number of hydrogen-bond donors (Lipinski definition) is 3. The van der Waals surface area contributed by atoms with E-state index in [9.17, 15) is 14.7 Å². The number of rotatable bonds is 9. The third-order valence-electron chi connectivity index (χ3n) is 7.35. The number of ether oxygens (including phenoxy) is 2. The first kappa shape index (κ1) is 25.7. The Morgan fingerprint density at radius 3 is 2.58 bits per heavy atom. The predicted molar refractivity (Wildman–Crippen MR) is 124 cm³/mol. The molecule has 0 aromatic heterocycles. The molecule has 3 fully saturated rings. The lowest BCUT2D eigenvalue weighted by Crippen LogP contribution is -2.56. The number of carboxylic acids is 1. The molecule has 1 unspecified atom stereocenters. The van der Waals surface area contributed by atoms with E-state index in [1.807, 2.05) is 21.7 Å². The van der Waals surface area contributed by atoms with Gasteiger partial charge in [-0.2, -0.15) is 0 Å². The predicted octanol–water partition coefficient (Wildman–Crippen LogP) is 1.09. The van der Waals surface area contributed by atoms with Crippen LogP contribution in [-0.2, 0) is 19.1 Å². The number of likely N-dealkylation sites (N-methyl/N-ethyl adjacent to an activating group) is 1. The topological polar surface area (TPSA) is 132 Å². The summed E-state index contributed by atoms with van der Waals surface area (Å²) in [7, 11) is 1.86. The highest BCUT2D eigenvalue weighted by atomic mass is 16.5. The molecule has 3 rings (SSSR count). The van der Waals surface area contributed by atoms with E-state index >= 15 is 0 Å². The van der Waals surface area contributed by atoms with Gasteiger partial charge in [-0.05, 0) is 58.4 Å². The summed E-state index contributed by atoms with van der Waals surface area (Å²) in [5.74, 6) is -0.916. The Hall–Kier alpha value is -1.91. The lowest BCUT2D eigenvalue weighted by Gasteiger charge is -2.42. The van der Waals surface area contributed by atoms with Gasteiger partial charge < -0.3 is 30.1 Å². The van der Waals surface area contributed by atoms with E-state index in [0.29, 0.717) is 19.8 Å². The molecule has 0 aliphatic carbocycles. The van der Waals surface area contributed by atoms with Gasteiger partial charge in [-0.25, -0.2) is 0 Å². The van der Waals surface area contributed by atoms with E-state index in [2.05, 4.69) is 0 Å². The minimum Gasteiger partial charge on any atom is -0.481 e. The maximum Gasteiger partial charge on any atom is 0.305 e. The Labute approximate surface area is 196 Å². The minimum atomic E-state index is -0.953. The molecule has 3 atom stereocenters. The fourth-order valence-electron chi connectivity index (χ4n) is 5.29. The highest BCUT2D eigenvalue weighted by molar-refractivity contribution is 5.86. The molecule has 0 saturated carbocycles. The molecule has 0 spiro atoms. The maximum atomic E-state index is 13.6. The van der Waals surface area contributed by atoms with Crippen molar-refractivity contribution in [2.24, 2.45) is 5.73 Å². The van der Waals surface area contributed by atoms with Crippen LogP contribution in [0.3, 0.4) is 0 Å². The molecule has 3 aliphatic rings. The van der Waals surface area contributed by atoms with Gasteiger partial charge in [0.1, 0.15) is 0 Å². The van der Waals surface area contributed by atoms with Crippen LogP contribution in [0.25, 0.3) is 0 Å². The van der Waals surface area contributed by atoms with Crippen molar-refractivity contribution in [3.8, 4) is 0 Å². The lowest BCUT2D eigenvalue weighted by molar-refractivity contribution is -0.149. The number of nitrogens with two attached hydrogens (primary N) is 1. The van der Waals surface area contributed by atoms with Crippen molar-refractivity contribution in [3.63, 3.8) is 0 Å². The molecule has 0 radical (unpaired) electrons. The third-order valence-corrected chi connectivity index (χ3v) is 7.35. The molecule has 10 nitrogen and oxygen atoms in total. The average molecular weight is 468 g/mol. The second-order valence-corrected chi connectivity index (χ2v) is 9.56. The zero-order chi connectivity index (χ0) is 23.8. The Morgan fingerprint density at radius 1 is 1.18 bits per heavy atom. The van der Waals surface area contributed by atoms with Gasteiger partial charge in [-0.15, -0.1) is 0 Å². The average Bonchev–Trinajstić information content (AvgIpc) is 2.83. The molecular weight excluding hydrogens is 426 g/mol. The van der Waals surface area contributed by atoms with Crippen molar-refractivity contribution in [1.29, 1.82) is 5.41 Å². The summed E-state index contributed by atoms with van der Waals surface area (Å²) in [5, 5.41) is 17.0. The first-order valence-electron chi connectivity index (χ1n) is 12.4. The Balaban J connectivity index is 1.55. The van der Waals surface area contributed by atoms with Gasteiger partial charge in [0.25, 0.3) is 0 Å². The first-order chi connectivity index (χ1) is 15.9. The van der Waals surface area contributed by atoms with Crippen molar-refractivity contribution < 1.29 is 24.2 Å². The van der Waals surface area contributed by atoms with Crippen LogP contribution in [0.15, 0.2) is 0 Å². The second kappa shape index (κ2) is 12.5. The summed E-state index contributed by atoms with van der Waals surface area (Å²) in [5.41, 5.74) is 5.56. The molecule has 188 valence electrons. The smallest absolute Gasteiger partial charge is 0.305 e. The summed E-state index contributed by atoms with van der Waals surface area (Å²) in [6.07, 6.45) is 7.21. The van der Waals surface area contributed by atoms with Crippen molar-refractivity contribution in [1.82, 2.24) is 14.7 Å². The number of piperidine rings is 2. The molecule has 0 aromatic rings. The molecule has 4 N–H and O–H groups in total. The fourth-order valence-corrected chi connectivity index (χ4v) is 5.29. The van der Waals surface area contributed by atoms with Crippen LogP contribution in [-0.4, -0.2) is 108 Å². The summed E-state index contributed by atoms with van der Waals surface area (Å²) in [4.78, 5) is 30.9. The Kier molecular flexibility index (Phi) is 9.76. The van der Waals surface area contributed by atoms with Crippen LogP contribution in [0.4, 0.5) is 0 Å². The number of carbonyl (C=O) groups is 2. The van der Waals surface area contributed by atoms with Crippen LogP contribution in [0, 0.1) is 5.41 Å². The number of amides is 1. The van der Waals surface area contributed by atoms with Crippen LogP contribution < -0.4 is 5.73 Å². The van der Waals surface area contributed by atoms with Gasteiger partial charge in [0.05, 0.1) is 25.2 Å². The zero-order valence-corrected chi connectivity index (χ0v) is 19.9. The van der Waals surface area contributed by atoms with E-state index in [1.54, 1.807) is 0 Å². The monoisotopic (exact) mass is 467 g/mol. The number of hydrogen-bond acceptors (Lipinski definition) is 6. The lowest BCUT2D eigenvalue weighted by atomic mass is 9.97. The van der Waals surface area contributed by atoms with E-state index in [1.165, 1.54) is 0 Å². The molecule has 3 saturated heterocycles. The number of guanidine groups is 1. The van der Waals surface area contributed by atoms with Crippen molar-refractivity contribution in [2.75, 3.05) is 46.5 Å². The van der Waals surface area contributed by atoms with Crippen LogP contribution in [0.1, 0.15) is 57.8 Å². The van der Waals surface area contributed by atoms with Crippen LogP contribution in [0.2, 0.25) is 0 Å². The molecule has 0 bridgehead atoms. The summed E-state index contributed by atoms with van der Waals surface area (Å²) < 4.78 is 11.7. The Bertz CT molecular complexity index is 664. The van der Waals surface area contributed by atoms with E-state index in [4.69, 9.17) is 20.6 Å². The van der Waals surface area contributed by atoms with Gasteiger partial charge in [0, 0.05) is 44.9 Å². The van der Waals surface area contributed by atoms with Gasteiger partial charge in [-0.1, -0.05) is 0 Å². The second-order valence-electron chi connectivity index (χ2n) is 9.56. The standard InChI is InChI=1S/C23H41N5O5/c1-26(18-6-4-13-32-16-18)20(15-21(29)30)22(31)28-10-3-2-5-17(28)9-14-33-19-7-11-27(12-8-19)23(24)25/h17-20H,2-16H2,1H3,(H3,24,25)(H,29,30)/t17-,18?,20-/m0/s1. The van der Waals surface area contributed by atoms with E-state index in [0.717, 1.165) is 71.1 Å². The van der Waals surface area contributed by atoms with Crippen molar-refractivity contribution >= 4 is 17.8 Å². The van der Waals surface area contributed by atoms with E-state index < -0.39 is 12.0 Å². The highest BCUT2D eigenvalue weighted by Crippen LogP contribution is 2.25. The quantitative estimate of drug-likeness (QED) is 0.339. The maximum absolute atomic E-state index is 13.6. The van der Waals surface area contributed by atoms with Gasteiger partial charge in [0.15, 0.2) is 5.96 Å². The fraction of sp³-hybridized carbons (Fsp3) is 0.870. The summed E-state index contributed by atoms with van der Waals surface area (Å²) in [6, 6.07) is -0.526. The Morgan fingerprint density at radius 2 is 1.94 bits per heavy atom. The molecule has 3 aliphatic heterocycles. The van der Waals surface area contributed by atoms with Gasteiger partial charge in [0.2, 0.25) is 5.91 Å². The van der Waals surface area contributed by atoms with Crippen LogP contribution in [0.5, 0.6) is 0 Å². The molecule has 10 heteroatoms. The zero-order valence-electron chi connectivity index (χ0n) is 19.9.